The van der Waals surface area contributed by atoms with Crippen LogP contribution in [0.2, 0.25) is 0 Å². The molecule has 1 aliphatic heterocycles. The summed E-state index contributed by atoms with van der Waals surface area (Å²) < 4.78 is 5.98. The first-order valence-electron chi connectivity index (χ1n) is 7.07. The van der Waals surface area contributed by atoms with Crippen molar-refractivity contribution >= 4 is 17.3 Å². The molecule has 0 bridgehead atoms. The second-order valence-corrected chi connectivity index (χ2v) is 5.29. The lowest BCUT2D eigenvalue weighted by atomic mass is 10.0. The number of carbonyl (C=O) groups excluding carboxylic acids is 1. The van der Waals surface area contributed by atoms with E-state index in [2.05, 4.69) is 5.32 Å². The molecule has 1 unspecified atom stereocenters. The molecule has 1 heterocycles. The van der Waals surface area contributed by atoms with E-state index in [0.29, 0.717) is 6.42 Å². The van der Waals surface area contributed by atoms with Gasteiger partial charge in [0, 0.05) is 17.8 Å². The van der Waals surface area contributed by atoms with Crippen molar-refractivity contribution in [1.82, 2.24) is 0 Å². The van der Waals surface area contributed by atoms with Gasteiger partial charge >= 0.3 is 0 Å². The SMILES string of the molecule is CC(Oc1ccc2c(c1)CCC(=O)N2)c1ccc(N)cc1. The van der Waals surface area contributed by atoms with Crippen molar-refractivity contribution in [3.63, 3.8) is 0 Å². The summed E-state index contributed by atoms with van der Waals surface area (Å²) in [6.45, 7) is 2.01. The third-order valence-corrected chi connectivity index (χ3v) is 3.69. The highest BCUT2D eigenvalue weighted by Crippen LogP contribution is 2.29. The van der Waals surface area contributed by atoms with Gasteiger partial charge in [0.05, 0.1) is 0 Å². The maximum atomic E-state index is 11.3. The molecule has 0 spiro atoms. The Morgan fingerprint density at radius 1 is 1.14 bits per heavy atom. The van der Waals surface area contributed by atoms with E-state index < -0.39 is 0 Å². The van der Waals surface area contributed by atoms with Gasteiger partial charge in [-0.05, 0) is 54.8 Å². The number of benzene rings is 2. The number of nitrogens with two attached hydrogens (primary N) is 1. The topological polar surface area (TPSA) is 64.3 Å². The number of amides is 1. The van der Waals surface area contributed by atoms with Crippen LogP contribution in [0.1, 0.15) is 30.6 Å². The van der Waals surface area contributed by atoms with Gasteiger partial charge in [0.15, 0.2) is 0 Å². The number of nitrogens with one attached hydrogen (secondary N) is 1. The zero-order chi connectivity index (χ0) is 14.8. The molecule has 4 nitrogen and oxygen atoms in total. The molecule has 0 aliphatic carbocycles. The Bertz CT molecular complexity index is 665. The maximum Gasteiger partial charge on any atom is 0.224 e. The van der Waals surface area contributed by atoms with Gasteiger partial charge in [-0.3, -0.25) is 4.79 Å². The summed E-state index contributed by atoms with van der Waals surface area (Å²) in [5, 5.41) is 2.87. The summed E-state index contributed by atoms with van der Waals surface area (Å²) in [6.07, 6.45) is 1.24. The van der Waals surface area contributed by atoms with Gasteiger partial charge in [-0.25, -0.2) is 0 Å². The van der Waals surface area contributed by atoms with E-state index in [1.807, 2.05) is 49.4 Å². The van der Waals surface area contributed by atoms with Gasteiger partial charge < -0.3 is 15.8 Å². The molecular weight excluding hydrogens is 264 g/mol. The number of rotatable bonds is 3. The van der Waals surface area contributed by atoms with E-state index in [4.69, 9.17) is 10.5 Å². The van der Waals surface area contributed by atoms with E-state index >= 15 is 0 Å². The third-order valence-electron chi connectivity index (χ3n) is 3.69. The molecule has 1 amide bonds. The Morgan fingerprint density at radius 2 is 1.90 bits per heavy atom. The van der Waals surface area contributed by atoms with Crippen molar-refractivity contribution in [1.29, 1.82) is 0 Å². The van der Waals surface area contributed by atoms with Crippen LogP contribution >= 0.6 is 0 Å². The number of hydrogen-bond donors (Lipinski definition) is 2. The smallest absolute Gasteiger partial charge is 0.224 e. The quantitative estimate of drug-likeness (QED) is 0.849. The summed E-state index contributed by atoms with van der Waals surface area (Å²) in [5.74, 6) is 0.889. The zero-order valence-electron chi connectivity index (χ0n) is 11.9. The minimum Gasteiger partial charge on any atom is -0.486 e. The largest absolute Gasteiger partial charge is 0.486 e. The van der Waals surface area contributed by atoms with Gasteiger partial charge in [-0.2, -0.15) is 0 Å². The monoisotopic (exact) mass is 282 g/mol. The van der Waals surface area contributed by atoms with Crippen molar-refractivity contribution in [2.24, 2.45) is 0 Å². The lowest BCUT2D eigenvalue weighted by Gasteiger charge is -2.20. The lowest BCUT2D eigenvalue weighted by molar-refractivity contribution is -0.116. The highest BCUT2D eigenvalue weighted by molar-refractivity contribution is 5.93. The highest BCUT2D eigenvalue weighted by Gasteiger charge is 2.16. The Hall–Kier alpha value is -2.49. The van der Waals surface area contributed by atoms with Crippen LogP contribution in [0.25, 0.3) is 0 Å². The van der Waals surface area contributed by atoms with Crippen LogP contribution < -0.4 is 15.8 Å². The van der Waals surface area contributed by atoms with Gasteiger partial charge in [0.25, 0.3) is 0 Å². The number of anilines is 2. The number of aryl methyl sites for hydroxylation is 1. The van der Waals surface area contributed by atoms with E-state index in [1.165, 1.54) is 0 Å². The molecule has 0 saturated heterocycles. The predicted molar refractivity (Wildman–Crippen MR) is 83.3 cm³/mol. The number of hydrogen-bond acceptors (Lipinski definition) is 3. The molecule has 108 valence electrons. The van der Waals surface area contributed by atoms with Crippen LogP contribution in [0.4, 0.5) is 11.4 Å². The molecule has 2 aromatic rings. The van der Waals surface area contributed by atoms with Crippen molar-refractivity contribution in [3.8, 4) is 5.75 Å². The molecular formula is C17H18N2O2. The average Bonchev–Trinajstić information content (AvgIpc) is 2.48. The molecule has 0 fully saturated rings. The third kappa shape index (κ3) is 2.99. The summed E-state index contributed by atoms with van der Waals surface area (Å²) in [6, 6.07) is 13.5. The lowest BCUT2D eigenvalue weighted by Crippen LogP contribution is -2.18. The van der Waals surface area contributed by atoms with Crippen LogP contribution in [-0.4, -0.2) is 5.91 Å². The van der Waals surface area contributed by atoms with Crippen LogP contribution in [0.15, 0.2) is 42.5 Å². The fourth-order valence-corrected chi connectivity index (χ4v) is 2.47. The van der Waals surface area contributed by atoms with Gasteiger partial charge in [-0.1, -0.05) is 12.1 Å². The fraction of sp³-hybridized carbons (Fsp3) is 0.235. The Balaban J connectivity index is 1.76. The molecule has 2 aromatic carbocycles. The molecule has 3 rings (SSSR count). The molecule has 1 aliphatic rings. The number of nitrogen functional groups attached to an aromatic ring is 1. The average molecular weight is 282 g/mol. The zero-order valence-corrected chi connectivity index (χ0v) is 11.9. The first-order valence-corrected chi connectivity index (χ1v) is 7.07. The van der Waals surface area contributed by atoms with Gasteiger partial charge in [0.1, 0.15) is 11.9 Å². The van der Waals surface area contributed by atoms with Crippen LogP contribution in [0.5, 0.6) is 5.75 Å². The number of ether oxygens (including phenoxy) is 1. The second-order valence-electron chi connectivity index (χ2n) is 5.29. The number of carbonyl (C=O) groups is 1. The van der Waals surface area contributed by atoms with Crippen molar-refractivity contribution < 1.29 is 9.53 Å². The number of fused-ring (bicyclic) bond motifs is 1. The van der Waals surface area contributed by atoms with Gasteiger partial charge in [-0.15, -0.1) is 0 Å². The molecule has 4 heteroatoms. The molecule has 3 N–H and O–H groups in total. The van der Waals surface area contributed by atoms with Crippen LogP contribution in [0, 0.1) is 0 Å². The summed E-state index contributed by atoms with van der Waals surface area (Å²) in [5.41, 5.74) is 9.53. The second kappa shape index (κ2) is 5.48. The minimum atomic E-state index is -0.0539. The van der Waals surface area contributed by atoms with E-state index in [9.17, 15) is 4.79 Å². The highest BCUT2D eigenvalue weighted by atomic mass is 16.5. The first-order chi connectivity index (χ1) is 10.1. The molecule has 0 radical (unpaired) electrons. The standard InChI is InChI=1S/C17H18N2O2/c1-11(12-2-5-14(18)6-3-12)21-15-7-8-16-13(10-15)4-9-17(20)19-16/h2-3,5-8,10-11H,4,9,18H2,1H3,(H,19,20). The molecule has 1 atom stereocenters. The van der Waals surface area contributed by atoms with Crippen molar-refractivity contribution in [3.05, 3.63) is 53.6 Å². The van der Waals surface area contributed by atoms with E-state index in [-0.39, 0.29) is 12.0 Å². The van der Waals surface area contributed by atoms with Crippen LogP contribution in [0.3, 0.4) is 0 Å². The maximum absolute atomic E-state index is 11.3. The Morgan fingerprint density at radius 3 is 2.67 bits per heavy atom. The molecule has 21 heavy (non-hydrogen) atoms. The van der Waals surface area contributed by atoms with Crippen LogP contribution in [-0.2, 0) is 11.2 Å². The first kappa shape index (κ1) is 13.5. The summed E-state index contributed by atoms with van der Waals surface area (Å²) >= 11 is 0. The van der Waals surface area contributed by atoms with Gasteiger partial charge in [0.2, 0.25) is 5.91 Å². The Labute approximate surface area is 123 Å². The van der Waals surface area contributed by atoms with Crippen molar-refractivity contribution in [2.75, 3.05) is 11.1 Å². The fourth-order valence-electron chi connectivity index (χ4n) is 2.47. The summed E-state index contributed by atoms with van der Waals surface area (Å²) in [4.78, 5) is 11.3. The van der Waals surface area contributed by atoms with Crippen molar-refractivity contribution in [2.45, 2.75) is 25.9 Å². The predicted octanol–water partition coefficient (Wildman–Crippen LogP) is 3.29. The Kier molecular flexibility index (Phi) is 3.52. The minimum absolute atomic E-state index is 0.0539. The molecule has 0 aromatic heterocycles. The normalized spacial score (nSPS) is 15.0. The van der Waals surface area contributed by atoms with E-state index in [1.54, 1.807) is 0 Å². The van der Waals surface area contributed by atoms with E-state index in [0.717, 1.165) is 34.7 Å². The molecule has 0 saturated carbocycles. The summed E-state index contributed by atoms with van der Waals surface area (Å²) in [7, 11) is 0.